The van der Waals surface area contributed by atoms with Crippen LogP contribution in [0.5, 0.6) is 0 Å². The lowest BCUT2D eigenvalue weighted by Crippen LogP contribution is -2.37. The molecule has 1 amide bonds. The van der Waals surface area contributed by atoms with Crippen LogP contribution < -0.4 is 5.32 Å². The van der Waals surface area contributed by atoms with E-state index in [0.29, 0.717) is 12.0 Å². The number of carbonyl (C=O) groups is 1. The lowest BCUT2D eigenvalue weighted by atomic mass is 10.1. The third kappa shape index (κ3) is 4.52. The Bertz CT molecular complexity index is 668. The highest BCUT2D eigenvalue weighted by molar-refractivity contribution is 7.54. The Balaban J connectivity index is 2.23. The molecule has 0 saturated heterocycles. The lowest BCUT2D eigenvalue weighted by Gasteiger charge is -2.25. The second-order valence-corrected chi connectivity index (χ2v) is 7.38. The quantitative estimate of drug-likeness (QED) is 0.788. The van der Waals surface area contributed by atoms with Gasteiger partial charge in [0.15, 0.2) is 0 Å². The van der Waals surface area contributed by atoms with Crippen molar-refractivity contribution in [3.05, 3.63) is 71.8 Å². The van der Waals surface area contributed by atoms with Crippen molar-refractivity contribution in [3.8, 4) is 0 Å². The van der Waals surface area contributed by atoms with Crippen LogP contribution in [0, 0.1) is 0 Å². The molecule has 2 aromatic carbocycles. The SMILES string of the molecule is COP(=O)(OC)C(Cc1ccccc1)NC(=O)c1ccccc1. The first kappa shape index (κ1) is 17.4. The Morgan fingerprint density at radius 1 is 1.00 bits per heavy atom. The number of benzene rings is 2. The second kappa shape index (κ2) is 8.06. The highest BCUT2D eigenvalue weighted by Crippen LogP contribution is 2.51. The lowest BCUT2D eigenvalue weighted by molar-refractivity contribution is 0.0941. The van der Waals surface area contributed by atoms with E-state index >= 15 is 0 Å². The van der Waals surface area contributed by atoms with Crippen LogP contribution in [0.2, 0.25) is 0 Å². The molecule has 122 valence electrons. The molecule has 1 N–H and O–H groups in total. The van der Waals surface area contributed by atoms with Crippen molar-refractivity contribution in [1.29, 1.82) is 0 Å². The van der Waals surface area contributed by atoms with Gasteiger partial charge in [0, 0.05) is 26.2 Å². The minimum atomic E-state index is -3.46. The van der Waals surface area contributed by atoms with Gasteiger partial charge >= 0.3 is 7.60 Å². The van der Waals surface area contributed by atoms with E-state index in [-0.39, 0.29) is 5.91 Å². The fourth-order valence-corrected chi connectivity index (χ4v) is 3.60. The molecule has 1 unspecified atom stereocenters. The fraction of sp³-hybridized carbons (Fsp3) is 0.235. The van der Waals surface area contributed by atoms with Gasteiger partial charge in [0.2, 0.25) is 0 Å². The molecule has 2 rings (SSSR count). The summed E-state index contributed by atoms with van der Waals surface area (Å²) in [5, 5.41) is 2.77. The molecule has 0 spiro atoms. The van der Waals surface area contributed by atoms with E-state index in [2.05, 4.69) is 5.32 Å². The maximum absolute atomic E-state index is 12.8. The van der Waals surface area contributed by atoms with Gasteiger partial charge in [-0.25, -0.2) is 0 Å². The summed E-state index contributed by atoms with van der Waals surface area (Å²) in [5.41, 5.74) is 1.42. The monoisotopic (exact) mass is 333 g/mol. The summed E-state index contributed by atoms with van der Waals surface area (Å²) < 4.78 is 22.9. The van der Waals surface area contributed by atoms with Gasteiger partial charge in [-0.1, -0.05) is 48.5 Å². The molecule has 0 aliphatic rings. The van der Waals surface area contributed by atoms with Crippen LogP contribution in [-0.2, 0) is 20.0 Å². The molecule has 0 aliphatic carbocycles. The summed E-state index contributed by atoms with van der Waals surface area (Å²) in [6, 6.07) is 18.2. The summed E-state index contributed by atoms with van der Waals surface area (Å²) in [6.45, 7) is 0. The molecule has 1 atom stereocenters. The Kier molecular flexibility index (Phi) is 6.11. The summed E-state index contributed by atoms with van der Waals surface area (Å²) in [5.74, 6) is -1.09. The predicted molar refractivity (Wildman–Crippen MR) is 89.5 cm³/mol. The summed E-state index contributed by atoms with van der Waals surface area (Å²) in [7, 11) is -0.830. The van der Waals surface area contributed by atoms with Crippen LogP contribution >= 0.6 is 7.60 Å². The maximum Gasteiger partial charge on any atom is 0.352 e. The molecule has 6 heteroatoms. The Labute approximate surface area is 136 Å². The first-order valence-corrected chi connectivity index (χ1v) is 8.81. The van der Waals surface area contributed by atoms with Crippen molar-refractivity contribution in [2.24, 2.45) is 0 Å². The van der Waals surface area contributed by atoms with Crippen LogP contribution in [0.3, 0.4) is 0 Å². The molecular weight excluding hydrogens is 313 g/mol. The second-order valence-electron chi connectivity index (χ2n) is 4.95. The van der Waals surface area contributed by atoms with Crippen LogP contribution in [0.1, 0.15) is 15.9 Å². The topological polar surface area (TPSA) is 64.6 Å². The van der Waals surface area contributed by atoms with Gasteiger partial charge in [0.25, 0.3) is 5.91 Å². The zero-order valence-corrected chi connectivity index (χ0v) is 14.0. The highest BCUT2D eigenvalue weighted by Gasteiger charge is 2.35. The van der Waals surface area contributed by atoms with E-state index in [1.807, 2.05) is 36.4 Å². The third-order valence-electron chi connectivity index (χ3n) is 3.50. The highest BCUT2D eigenvalue weighted by atomic mass is 31.2. The van der Waals surface area contributed by atoms with E-state index in [0.717, 1.165) is 5.56 Å². The minimum Gasteiger partial charge on any atom is -0.338 e. The van der Waals surface area contributed by atoms with Crippen LogP contribution in [-0.4, -0.2) is 25.9 Å². The Morgan fingerprint density at radius 3 is 2.04 bits per heavy atom. The van der Waals surface area contributed by atoms with Crippen LogP contribution in [0.15, 0.2) is 60.7 Å². The van der Waals surface area contributed by atoms with Gasteiger partial charge in [-0.05, 0) is 17.7 Å². The van der Waals surface area contributed by atoms with Crippen LogP contribution in [0.25, 0.3) is 0 Å². The first-order valence-electron chi connectivity index (χ1n) is 7.20. The molecule has 5 nitrogen and oxygen atoms in total. The van der Waals surface area contributed by atoms with Gasteiger partial charge in [-0.3, -0.25) is 9.36 Å². The molecule has 0 saturated carbocycles. The van der Waals surface area contributed by atoms with E-state index in [4.69, 9.17) is 9.05 Å². The molecular formula is C17H20NO4P. The average molecular weight is 333 g/mol. The zero-order chi connectivity index (χ0) is 16.7. The van der Waals surface area contributed by atoms with Gasteiger partial charge < -0.3 is 14.4 Å². The standard InChI is InChI=1S/C17H20NO4P/c1-21-23(20,22-2)16(13-14-9-5-3-6-10-14)18-17(19)15-11-7-4-8-12-15/h3-12,16H,13H2,1-2H3,(H,18,19). The van der Waals surface area contributed by atoms with Crippen molar-refractivity contribution in [2.75, 3.05) is 14.2 Å². The van der Waals surface area contributed by atoms with Gasteiger partial charge in [0.1, 0.15) is 5.78 Å². The maximum atomic E-state index is 12.8. The molecule has 0 radical (unpaired) electrons. The molecule has 2 aromatic rings. The Hall–Kier alpha value is -1.94. The first-order chi connectivity index (χ1) is 11.1. The molecule has 0 aromatic heterocycles. The van der Waals surface area contributed by atoms with E-state index in [9.17, 15) is 9.36 Å². The normalized spacial score (nSPS) is 12.6. The average Bonchev–Trinajstić information content (AvgIpc) is 2.62. The largest absolute Gasteiger partial charge is 0.352 e. The van der Waals surface area contributed by atoms with Gasteiger partial charge in [-0.2, -0.15) is 0 Å². The fourth-order valence-electron chi connectivity index (χ4n) is 2.23. The summed E-state index contributed by atoms with van der Waals surface area (Å²) in [4.78, 5) is 12.4. The number of rotatable bonds is 7. The van der Waals surface area contributed by atoms with E-state index in [1.54, 1.807) is 24.3 Å². The van der Waals surface area contributed by atoms with Gasteiger partial charge in [-0.15, -0.1) is 0 Å². The van der Waals surface area contributed by atoms with Crippen molar-refractivity contribution >= 4 is 13.5 Å². The number of amides is 1. The van der Waals surface area contributed by atoms with Crippen molar-refractivity contribution < 1.29 is 18.4 Å². The summed E-state index contributed by atoms with van der Waals surface area (Å²) in [6.07, 6.45) is 0.346. The van der Waals surface area contributed by atoms with Gasteiger partial charge in [0.05, 0.1) is 0 Å². The summed E-state index contributed by atoms with van der Waals surface area (Å²) >= 11 is 0. The third-order valence-corrected chi connectivity index (χ3v) is 5.59. The smallest absolute Gasteiger partial charge is 0.338 e. The Morgan fingerprint density at radius 2 is 1.52 bits per heavy atom. The van der Waals surface area contributed by atoms with Crippen molar-refractivity contribution in [2.45, 2.75) is 12.2 Å². The van der Waals surface area contributed by atoms with E-state index in [1.165, 1.54) is 14.2 Å². The molecule has 0 heterocycles. The van der Waals surface area contributed by atoms with E-state index < -0.39 is 13.4 Å². The zero-order valence-electron chi connectivity index (χ0n) is 13.1. The minimum absolute atomic E-state index is 0.319. The number of nitrogens with one attached hydrogen (secondary N) is 1. The number of carbonyl (C=O) groups excluding carboxylic acids is 1. The number of hydrogen-bond acceptors (Lipinski definition) is 4. The molecule has 0 bridgehead atoms. The molecule has 23 heavy (non-hydrogen) atoms. The molecule has 0 fully saturated rings. The van der Waals surface area contributed by atoms with Crippen LogP contribution in [0.4, 0.5) is 0 Å². The number of hydrogen-bond donors (Lipinski definition) is 1. The molecule has 0 aliphatic heterocycles. The van der Waals surface area contributed by atoms with Crippen molar-refractivity contribution in [3.63, 3.8) is 0 Å². The van der Waals surface area contributed by atoms with Crippen molar-refractivity contribution in [1.82, 2.24) is 5.32 Å². The predicted octanol–water partition coefficient (Wildman–Crippen LogP) is 3.47.